The minimum absolute atomic E-state index is 0.0148. The third-order valence-corrected chi connectivity index (χ3v) is 3.99. The summed E-state index contributed by atoms with van der Waals surface area (Å²) in [4.78, 5) is 34.8. The SMILES string of the molecule is CNc1ccc(C(=O)OC(C)C(=O)Nc2ccc(Br)cc2)cc1[N+](=O)[O-]. The standard InChI is InChI=1S/C17H16BrN3O5/c1-10(16(22)20-13-6-4-12(18)5-7-13)26-17(23)11-3-8-14(19-2)15(9-11)21(24)25/h3-10,19H,1-2H3,(H,20,22). The maximum atomic E-state index is 12.2. The van der Waals surface area contributed by atoms with Crippen LogP contribution in [0.15, 0.2) is 46.9 Å². The van der Waals surface area contributed by atoms with Crippen LogP contribution in [-0.4, -0.2) is 30.0 Å². The number of hydrogen-bond donors (Lipinski definition) is 2. The van der Waals surface area contributed by atoms with Crippen molar-refractivity contribution in [2.24, 2.45) is 0 Å². The van der Waals surface area contributed by atoms with Crippen molar-refractivity contribution in [3.8, 4) is 0 Å². The van der Waals surface area contributed by atoms with E-state index in [-0.39, 0.29) is 16.9 Å². The summed E-state index contributed by atoms with van der Waals surface area (Å²) in [6, 6.07) is 10.8. The zero-order valence-electron chi connectivity index (χ0n) is 14.0. The van der Waals surface area contributed by atoms with Crippen molar-refractivity contribution < 1.29 is 19.2 Å². The van der Waals surface area contributed by atoms with Gasteiger partial charge in [0.2, 0.25) is 0 Å². The highest BCUT2D eigenvalue weighted by Gasteiger charge is 2.22. The topological polar surface area (TPSA) is 111 Å². The quantitative estimate of drug-likeness (QED) is 0.418. The van der Waals surface area contributed by atoms with Crippen LogP contribution in [0.3, 0.4) is 0 Å². The number of rotatable bonds is 6. The van der Waals surface area contributed by atoms with Gasteiger partial charge >= 0.3 is 5.97 Å². The van der Waals surface area contributed by atoms with Gasteiger partial charge in [-0.1, -0.05) is 15.9 Å². The Hall–Kier alpha value is -2.94. The molecule has 26 heavy (non-hydrogen) atoms. The molecule has 0 aliphatic rings. The summed E-state index contributed by atoms with van der Waals surface area (Å²) in [6.45, 7) is 1.42. The van der Waals surface area contributed by atoms with Crippen molar-refractivity contribution in [1.29, 1.82) is 0 Å². The maximum absolute atomic E-state index is 12.2. The highest BCUT2D eigenvalue weighted by atomic mass is 79.9. The van der Waals surface area contributed by atoms with Crippen molar-refractivity contribution in [3.05, 3.63) is 62.6 Å². The van der Waals surface area contributed by atoms with Gasteiger partial charge in [0.05, 0.1) is 10.5 Å². The number of ether oxygens (including phenoxy) is 1. The van der Waals surface area contributed by atoms with E-state index in [1.54, 1.807) is 24.3 Å². The Balaban J connectivity index is 2.06. The molecule has 2 rings (SSSR count). The Morgan fingerprint density at radius 2 is 1.85 bits per heavy atom. The second kappa shape index (κ2) is 8.43. The van der Waals surface area contributed by atoms with E-state index in [4.69, 9.17) is 4.74 Å². The van der Waals surface area contributed by atoms with E-state index in [1.807, 2.05) is 0 Å². The molecule has 0 saturated carbocycles. The normalized spacial score (nSPS) is 11.3. The molecule has 0 bridgehead atoms. The molecule has 136 valence electrons. The summed E-state index contributed by atoms with van der Waals surface area (Å²) in [6.07, 6.45) is -1.07. The minimum atomic E-state index is -1.07. The van der Waals surface area contributed by atoms with Crippen LogP contribution in [0, 0.1) is 10.1 Å². The molecule has 1 unspecified atom stereocenters. The van der Waals surface area contributed by atoms with Crippen LogP contribution in [0.2, 0.25) is 0 Å². The lowest BCUT2D eigenvalue weighted by atomic mass is 10.1. The predicted octanol–water partition coefficient (Wildman–Crippen LogP) is 3.58. The first-order valence-corrected chi connectivity index (χ1v) is 8.34. The molecule has 0 aliphatic carbocycles. The molecular weight excluding hydrogens is 406 g/mol. The number of nitro benzene ring substituents is 1. The van der Waals surface area contributed by atoms with Crippen LogP contribution < -0.4 is 10.6 Å². The van der Waals surface area contributed by atoms with Gasteiger partial charge in [0.25, 0.3) is 11.6 Å². The first-order chi connectivity index (χ1) is 12.3. The molecule has 2 N–H and O–H groups in total. The summed E-state index contributed by atoms with van der Waals surface area (Å²) in [5.74, 6) is -1.34. The number of nitrogens with one attached hydrogen (secondary N) is 2. The molecule has 8 nitrogen and oxygen atoms in total. The molecule has 1 amide bonds. The molecule has 0 heterocycles. The van der Waals surface area contributed by atoms with Crippen LogP contribution in [0.25, 0.3) is 0 Å². The molecule has 2 aromatic carbocycles. The summed E-state index contributed by atoms with van der Waals surface area (Å²) in [7, 11) is 1.54. The highest BCUT2D eigenvalue weighted by molar-refractivity contribution is 9.10. The third kappa shape index (κ3) is 4.79. The average Bonchev–Trinajstić information content (AvgIpc) is 2.62. The van der Waals surface area contributed by atoms with Gasteiger partial charge in [0.1, 0.15) is 5.69 Å². The Kier molecular flexibility index (Phi) is 6.29. The van der Waals surface area contributed by atoms with Crippen molar-refractivity contribution in [1.82, 2.24) is 0 Å². The number of benzene rings is 2. The summed E-state index contributed by atoms with van der Waals surface area (Å²) in [5, 5.41) is 16.3. The minimum Gasteiger partial charge on any atom is -0.449 e. The molecule has 0 spiro atoms. The lowest BCUT2D eigenvalue weighted by Crippen LogP contribution is -2.30. The Morgan fingerprint density at radius 1 is 1.19 bits per heavy atom. The average molecular weight is 422 g/mol. The predicted molar refractivity (Wildman–Crippen MR) is 100 cm³/mol. The molecular formula is C17H16BrN3O5. The number of anilines is 2. The van der Waals surface area contributed by atoms with Gasteiger partial charge < -0.3 is 15.4 Å². The van der Waals surface area contributed by atoms with Gasteiger partial charge in [-0.15, -0.1) is 0 Å². The van der Waals surface area contributed by atoms with Gasteiger partial charge in [-0.2, -0.15) is 0 Å². The number of hydrogen-bond acceptors (Lipinski definition) is 6. The molecule has 0 radical (unpaired) electrons. The fraction of sp³-hybridized carbons (Fsp3) is 0.176. The third-order valence-electron chi connectivity index (χ3n) is 3.46. The lowest BCUT2D eigenvalue weighted by Gasteiger charge is -2.14. The van der Waals surface area contributed by atoms with E-state index in [1.165, 1.54) is 26.1 Å². The number of halogens is 1. The number of amides is 1. The van der Waals surface area contributed by atoms with E-state index >= 15 is 0 Å². The van der Waals surface area contributed by atoms with Gasteiger partial charge in [-0.25, -0.2) is 4.79 Å². The number of carbonyl (C=O) groups excluding carboxylic acids is 2. The van der Waals surface area contributed by atoms with Crippen LogP contribution in [0.1, 0.15) is 17.3 Å². The molecule has 2 aromatic rings. The smallest absolute Gasteiger partial charge is 0.339 e. The fourth-order valence-corrected chi connectivity index (χ4v) is 2.34. The number of carbonyl (C=O) groups is 2. The van der Waals surface area contributed by atoms with E-state index in [0.717, 1.165) is 10.5 Å². The first kappa shape index (κ1) is 19.4. The van der Waals surface area contributed by atoms with Gasteiger partial charge in [-0.05, 0) is 43.3 Å². The van der Waals surface area contributed by atoms with Gasteiger partial charge in [0, 0.05) is 23.3 Å². The number of nitrogens with zero attached hydrogens (tertiary/aromatic N) is 1. The Bertz CT molecular complexity index is 839. The Labute approximate surface area is 157 Å². The van der Waals surface area contributed by atoms with E-state index in [9.17, 15) is 19.7 Å². The first-order valence-electron chi connectivity index (χ1n) is 7.55. The van der Waals surface area contributed by atoms with Crippen molar-refractivity contribution >= 4 is 44.9 Å². The van der Waals surface area contributed by atoms with Crippen LogP contribution in [0.5, 0.6) is 0 Å². The second-order valence-corrected chi connectivity index (χ2v) is 6.20. The van der Waals surface area contributed by atoms with Crippen LogP contribution >= 0.6 is 15.9 Å². The maximum Gasteiger partial charge on any atom is 0.339 e. The second-order valence-electron chi connectivity index (χ2n) is 5.28. The van der Waals surface area contributed by atoms with Crippen LogP contribution in [0.4, 0.5) is 17.1 Å². The van der Waals surface area contributed by atoms with Crippen molar-refractivity contribution in [3.63, 3.8) is 0 Å². The molecule has 0 saturated heterocycles. The van der Waals surface area contributed by atoms with E-state index in [0.29, 0.717) is 5.69 Å². The molecule has 0 aliphatic heterocycles. The molecule has 1 atom stereocenters. The Morgan fingerprint density at radius 3 is 2.42 bits per heavy atom. The van der Waals surface area contributed by atoms with Gasteiger partial charge in [-0.3, -0.25) is 14.9 Å². The molecule has 0 aromatic heterocycles. The monoisotopic (exact) mass is 421 g/mol. The molecule has 9 heteroatoms. The number of esters is 1. The zero-order chi connectivity index (χ0) is 19.3. The zero-order valence-corrected chi connectivity index (χ0v) is 15.6. The van der Waals surface area contributed by atoms with Crippen molar-refractivity contribution in [2.45, 2.75) is 13.0 Å². The summed E-state index contributed by atoms with van der Waals surface area (Å²) >= 11 is 3.29. The van der Waals surface area contributed by atoms with Crippen LogP contribution in [-0.2, 0) is 9.53 Å². The van der Waals surface area contributed by atoms with Crippen molar-refractivity contribution in [2.75, 3.05) is 17.7 Å². The highest BCUT2D eigenvalue weighted by Crippen LogP contribution is 2.25. The fourth-order valence-electron chi connectivity index (χ4n) is 2.08. The largest absolute Gasteiger partial charge is 0.449 e. The lowest BCUT2D eigenvalue weighted by molar-refractivity contribution is -0.384. The van der Waals surface area contributed by atoms with E-state index < -0.39 is 22.9 Å². The molecule has 0 fully saturated rings. The van der Waals surface area contributed by atoms with E-state index in [2.05, 4.69) is 26.6 Å². The number of nitro groups is 1. The van der Waals surface area contributed by atoms with Gasteiger partial charge in [0.15, 0.2) is 6.10 Å². The summed E-state index contributed by atoms with van der Waals surface area (Å²) < 4.78 is 5.96. The summed E-state index contributed by atoms with van der Waals surface area (Å²) in [5.41, 5.74) is 0.551.